The number of carbonyl (C=O) groups excluding carboxylic acids is 2. The molecule has 2 aromatic rings. The maximum absolute atomic E-state index is 12.0. The number of halogens is 1. The maximum atomic E-state index is 12.0. The van der Waals surface area contributed by atoms with Crippen LogP contribution in [0.3, 0.4) is 0 Å². The predicted octanol–water partition coefficient (Wildman–Crippen LogP) is 2.58. The fraction of sp³-hybridized carbons (Fsp3) is 0.353. The summed E-state index contributed by atoms with van der Waals surface area (Å²) in [5, 5.41) is 8.19. The van der Waals surface area contributed by atoms with Gasteiger partial charge in [0, 0.05) is 22.3 Å². The number of benzene rings is 1. The minimum Gasteiger partial charge on any atom is -0.346 e. The minimum atomic E-state index is -0.616. The van der Waals surface area contributed by atoms with Gasteiger partial charge in [-0.05, 0) is 25.0 Å². The largest absolute Gasteiger partial charge is 0.346 e. The van der Waals surface area contributed by atoms with Crippen molar-refractivity contribution >= 4 is 41.2 Å². The van der Waals surface area contributed by atoms with Crippen molar-refractivity contribution in [3.8, 4) is 10.6 Å². The van der Waals surface area contributed by atoms with Crippen LogP contribution in [0.5, 0.6) is 0 Å². The fourth-order valence-electron chi connectivity index (χ4n) is 2.01. The summed E-state index contributed by atoms with van der Waals surface area (Å²) in [7, 11) is 0. The predicted molar refractivity (Wildman–Crippen MR) is 104 cm³/mol. The van der Waals surface area contributed by atoms with Crippen molar-refractivity contribution in [3.05, 3.63) is 35.3 Å². The highest BCUT2D eigenvalue weighted by atomic mass is 35.5. The minimum absolute atomic E-state index is 0. The number of aryl methyl sites for hydroxylation is 1. The van der Waals surface area contributed by atoms with Crippen LogP contribution in [0.1, 0.15) is 19.5 Å². The van der Waals surface area contributed by atoms with Crippen LogP contribution in [0.25, 0.3) is 10.6 Å². The van der Waals surface area contributed by atoms with Crippen molar-refractivity contribution in [1.29, 1.82) is 0 Å². The number of rotatable bonds is 6. The van der Waals surface area contributed by atoms with Crippen LogP contribution >= 0.6 is 23.7 Å². The zero-order valence-corrected chi connectivity index (χ0v) is 16.0. The Labute approximate surface area is 157 Å². The highest BCUT2D eigenvalue weighted by Gasteiger charge is 2.17. The Hall–Kier alpha value is -1.96. The molecule has 1 aromatic heterocycles. The molecule has 0 bridgehead atoms. The smallest absolute Gasteiger partial charge is 0.243 e. The van der Waals surface area contributed by atoms with Gasteiger partial charge in [-0.2, -0.15) is 0 Å². The normalized spacial score (nSPS) is 11.6. The lowest BCUT2D eigenvalue weighted by Gasteiger charge is -2.15. The SMILES string of the molecule is Cc1csc(-c2cccc(NC(=O)CNC(=O)[C@@H](N)C(C)C)c2)n1.Cl. The first kappa shape index (κ1) is 21.1. The summed E-state index contributed by atoms with van der Waals surface area (Å²) in [4.78, 5) is 28.2. The van der Waals surface area contributed by atoms with Gasteiger partial charge < -0.3 is 16.4 Å². The van der Waals surface area contributed by atoms with E-state index >= 15 is 0 Å². The second-order valence-corrected chi connectivity index (χ2v) is 6.77. The van der Waals surface area contributed by atoms with Crippen LogP contribution in [-0.2, 0) is 9.59 Å². The highest BCUT2D eigenvalue weighted by molar-refractivity contribution is 7.13. The van der Waals surface area contributed by atoms with Gasteiger partial charge in [-0.25, -0.2) is 4.98 Å². The average molecular weight is 383 g/mol. The standard InChI is InChI=1S/C17H22N4O2S.ClH/c1-10(2)15(18)16(23)19-8-14(22)21-13-6-4-5-12(7-13)17-20-11(3)9-24-17;/h4-7,9-10,15H,8,18H2,1-3H3,(H,19,23)(H,21,22);1H/t15-;/m0./s1. The molecule has 2 rings (SSSR count). The number of anilines is 1. The summed E-state index contributed by atoms with van der Waals surface area (Å²) < 4.78 is 0. The van der Waals surface area contributed by atoms with Crippen LogP contribution in [0.2, 0.25) is 0 Å². The van der Waals surface area contributed by atoms with Crippen LogP contribution < -0.4 is 16.4 Å². The summed E-state index contributed by atoms with van der Waals surface area (Å²) >= 11 is 1.56. The molecule has 8 heteroatoms. The Morgan fingerprint density at radius 3 is 2.64 bits per heavy atom. The van der Waals surface area contributed by atoms with E-state index in [1.54, 1.807) is 17.4 Å². The number of carbonyl (C=O) groups is 2. The van der Waals surface area contributed by atoms with Crippen LogP contribution in [-0.4, -0.2) is 29.4 Å². The topological polar surface area (TPSA) is 97.1 Å². The Bertz CT molecular complexity index is 733. The monoisotopic (exact) mass is 382 g/mol. The average Bonchev–Trinajstić information content (AvgIpc) is 2.98. The van der Waals surface area contributed by atoms with E-state index in [9.17, 15) is 9.59 Å². The van der Waals surface area contributed by atoms with Gasteiger partial charge in [0.2, 0.25) is 11.8 Å². The molecule has 1 aromatic carbocycles. The summed E-state index contributed by atoms with van der Waals surface area (Å²) in [6.07, 6.45) is 0. The van der Waals surface area contributed by atoms with E-state index in [-0.39, 0.29) is 36.7 Å². The van der Waals surface area contributed by atoms with Crippen molar-refractivity contribution < 1.29 is 9.59 Å². The van der Waals surface area contributed by atoms with E-state index in [2.05, 4.69) is 15.6 Å². The fourth-order valence-corrected chi connectivity index (χ4v) is 2.80. The molecule has 6 nitrogen and oxygen atoms in total. The van der Waals surface area contributed by atoms with Gasteiger partial charge in [-0.15, -0.1) is 23.7 Å². The molecule has 4 N–H and O–H groups in total. The molecule has 1 heterocycles. The third kappa shape index (κ3) is 6.12. The number of amides is 2. The molecule has 1 atom stereocenters. The molecule has 0 spiro atoms. The molecular formula is C17H23ClN4O2S. The van der Waals surface area contributed by atoms with E-state index in [1.165, 1.54) is 0 Å². The van der Waals surface area contributed by atoms with Crippen molar-refractivity contribution in [1.82, 2.24) is 10.3 Å². The Morgan fingerprint density at radius 1 is 1.32 bits per heavy atom. The van der Waals surface area contributed by atoms with Gasteiger partial charge in [0.1, 0.15) is 5.01 Å². The number of nitrogens with one attached hydrogen (secondary N) is 2. The van der Waals surface area contributed by atoms with E-state index < -0.39 is 6.04 Å². The van der Waals surface area contributed by atoms with Gasteiger partial charge >= 0.3 is 0 Å². The zero-order chi connectivity index (χ0) is 17.7. The molecular weight excluding hydrogens is 360 g/mol. The number of hydrogen-bond donors (Lipinski definition) is 3. The lowest BCUT2D eigenvalue weighted by Crippen LogP contribution is -2.46. The molecule has 0 unspecified atom stereocenters. The number of thiazole rings is 1. The molecule has 0 aliphatic rings. The van der Waals surface area contributed by atoms with E-state index in [0.717, 1.165) is 16.3 Å². The van der Waals surface area contributed by atoms with Gasteiger partial charge in [0.15, 0.2) is 0 Å². The van der Waals surface area contributed by atoms with E-state index in [4.69, 9.17) is 5.73 Å². The summed E-state index contributed by atoms with van der Waals surface area (Å²) in [5.74, 6) is -0.606. The third-order valence-corrected chi connectivity index (χ3v) is 4.47. The Balaban J connectivity index is 0.00000312. The van der Waals surface area contributed by atoms with Crippen molar-refractivity contribution in [3.63, 3.8) is 0 Å². The molecule has 2 amide bonds. The molecule has 136 valence electrons. The van der Waals surface area contributed by atoms with Gasteiger partial charge in [0.25, 0.3) is 0 Å². The number of nitrogens with two attached hydrogens (primary N) is 1. The van der Waals surface area contributed by atoms with Gasteiger partial charge in [0.05, 0.1) is 12.6 Å². The van der Waals surface area contributed by atoms with Crippen LogP contribution in [0.4, 0.5) is 5.69 Å². The van der Waals surface area contributed by atoms with Crippen LogP contribution in [0, 0.1) is 12.8 Å². The first-order valence-electron chi connectivity index (χ1n) is 7.72. The number of hydrogen-bond acceptors (Lipinski definition) is 5. The molecule has 0 aliphatic carbocycles. The second-order valence-electron chi connectivity index (χ2n) is 5.91. The quantitative estimate of drug-likeness (QED) is 0.715. The highest BCUT2D eigenvalue weighted by Crippen LogP contribution is 2.25. The third-order valence-electron chi connectivity index (χ3n) is 3.46. The molecule has 0 radical (unpaired) electrons. The number of aromatic nitrogens is 1. The van der Waals surface area contributed by atoms with Crippen molar-refractivity contribution in [2.24, 2.45) is 11.7 Å². The first-order valence-corrected chi connectivity index (χ1v) is 8.60. The second kappa shape index (κ2) is 9.50. The van der Waals surface area contributed by atoms with Gasteiger partial charge in [-0.1, -0.05) is 26.0 Å². The maximum Gasteiger partial charge on any atom is 0.243 e. The zero-order valence-electron chi connectivity index (χ0n) is 14.4. The van der Waals surface area contributed by atoms with Crippen molar-refractivity contribution in [2.75, 3.05) is 11.9 Å². The Kier molecular flexibility index (Phi) is 8.02. The lowest BCUT2D eigenvalue weighted by molar-refractivity contribution is -0.125. The van der Waals surface area contributed by atoms with Crippen LogP contribution in [0.15, 0.2) is 29.6 Å². The summed E-state index contributed by atoms with van der Waals surface area (Å²) in [6, 6.07) is 6.84. The van der Waals surface area contributed by atoms with Crippen molar-refractivity contribution in [2.45, 2.75) is 26.8 Å². The Morgan fingerprint density at radius 2 is 2.04 bits per heavy atom. The van der Waals surface area contributed by atoms with E-state index in [1.807, 2.05) is 44.4 Å². The number of nitrogens with zero attached hydrogens (tertiary/aromatic N) is 1. The molecule has 25 heavy (non-hydrogen) atoms. The summed E-state index contributed by atoms with van der Waals surface area (Å²) in [6.45, 7) is 5.54. The molecule has 0 aliphatic heterocycles. The summed E-state index contributed by atoms with van der Waals surface area (Å²) in [5.41, 5.74) is 8.30. The van der Waals surface area contributed by atoms with Gasteiger partial charge in [-0.3, -0.25) is 9.59 Å². The first-order chi connectivity index (χ1) is 11.4. The molecule has 0 fully saturated rings. The lowest BCUT2D eigenvalue weighted by atomic mass is 10.1. The molecule has 0 saturated heterocycles. The molecule has 0 saturated carbocycles. The van der Waals surface area contributed by atoms with E-state index in [0.29, 0.717) is 5.69 Å².